The van der Waals surface area contributed by atoms with E-state index in [1.165, 1.54) is 24.3 Å². The Morgan fingerprint density at radius 1 is 1.24 bits per heavy atom. The molecule has 0 aliphatic heterocycles. The number of rotatable bonds is 5. The van der Waals surface area contributed by atoms with Gasteiger partial charge in [-0.05, 0) is 24.6 Å². The van der Waals surface area contributed by atoms with Crippen molar-refractivity contribution < 1.29 is 27.4 Å². The van der Waals surface area contributed by atoms with Crippen LogP contribution in [0.15, 0.2) is 24.3 Å². The molecule has 1 aromatic carbocycles. The largest absolute Gasteiger partial charge is 0.487 e. The van der Waals surface area contributed by atoms with E-state index in [4.69, 9.17) is 0 Å². The van der Waals surface area contributed by atoms with Crippen molar-refractivity contribution in [2.24, 2.45) is 0 Å². The lowest BCUT2D eigenvalue weighted by molar-refractivity contribution is -0.148. The number of aliphatic hydroxyl groups is 1. The molecule has 0 spiro atoms. The van der Waals surface area contributed by atoms with Gasteiger partial charge in [-0.2, -0.15) is 8.78 Å². The third-order valence-corrected chi connectivity index (χ3v) is 2.11. The van der Waals surface area contributed by atoms with Crippen LogP contribution < -0.4 is 4.74 Å². The molecular formula is C11H12F4O2. The molecule has 0 heterocycles. The Morgan fingerprint density at radius 2 is 1.76 bits per heavy atom. The standard InChI is InChI=1S/C11H12F4O2/c1-7(16)8-2-4-9(5-3-8)17-6-11(14,15)10(12)13/h2-5,7,10,16H,6H2,1H3/t7-/m1/s1. The van der Waals surface area contributed by atoms with Gasteiger partial charge in [-0.1, -0.05) is 12.1 Å². The Morgan fingerprint density at radius 3 is 2.18 bits per heavy atom. The maximum Gasteiger partial charge on any atom is 0.340 e. The van der Waals surface area contributed by atoms with Gasteiger partial charge < -0.3 is 9.84 Å². The van der Waals surface area contributed by atoms with Crippen LogP contribution in [0.5, 0.6) is 5.75 Å². The molecule has 0 aliphatic carbocycles. The normalized spacial score (nSPS) is 13.8. The highest BCUT2D eigenvalue weighted by molar-refractivity contribution is 5.28. The van der Waals surface area contributed by atoms with Gasteiger partial charge in [-0.15, -0.1) is 0 Å². The summed E-state index contributed by atoms with van der Waals surface area (Å²) in [6.45, 7) is 0.166. The Kier molecular flexibility index (Phi) is 4.34. The molecule has 0 bridgehead atoms. The van der Waals surface area contributed by atoms with Gasteiger partial charge in [0.15, 0.2) is 6.61 Å². The van der Waals surface area contributed by atoms with Gasteiger partial charge in [0.25, 0.3) is 0 Å². The number of halogens is 4. The average molecular weight is 252 g/mol. The van der Waals surface area contributed by atoms with Crippen molar-refractivity contribution >= 4 is 0 Å². The molecule has 96 valence electrons. The predicted molar refractivity (Wildman–Crippen MR) is 53.5 cm³/mol. The minimum atomic E-state index is -4.16. The van der Waals surface area contributed by atoms with E-state index in [2.05, 4.69) is 4.74 Å². The summed E-state index contributed by atoms with van der Waals surface area (Å²) in [6, 6.07) is 5.62. The summed E-state index contributed by atoms with van der Waals surface area (Å²) in [7, 11) is 0. The van der Waals surface area contributed by atoms with Crippen LogP contribution in [0.2, 0.25) is 0 Å². The first kappa shape index (κ1) is 13.8. The monoisotopic (exact) mass is 252 g/mol. The predicted octanol–water partition coefficient (Wildman–Crippen LogP) is 3.02. The Balaban J connectivity index is 2.59. The second-order valence-electron chi connectivity index (χ2n) is 3.60. The summed E-state index contributed by atoms with van der Waals surface area (Å²) in [5.74, 6) is -4.11. The number of aliphatic hydroxyl groups excluding tert-OH is 1. The Hall–Kier alpha value is -1.30. The van der Waals surface area contributed by atoms with Gasteiger partial charge in [-0.3, -0.25) is 0 Å². The fourth-order valence-electron chi connectivity index (χ4n) is 1.09. The maximum absolute atomic E-state index is 12.5. The lowest BCUT2D eigenvalue weighted by Crippen LogP contribution is -2.33. The third-order valence-electron chi connectivity index (χ3n) is 2.11. The van der Waals surface area contributed by atoms with E-state index < -0.39 is 25.1 Å². The molecule has 1 rings (SSSR count). The zero-order valence-corrected chi connectivity index (χ0v) is 9.04. The first-order valence-corrected chi connectivity index (χ1v) is 4.90. The molecule has 0 amide bonds. The van der Waals surface area contributed by atoms with E-state index >= 15 is 0 Å². The molecule has 0 aromatic heterocycles. The van der Waals surface area contributed by atoms with E-state index in [9.17, 15) is 22.7 Å². The summed E-state index contributed by atoms with van der Waals surface area (Å²) in [5.41, 5.74) is 0.581. The van der Waals surface area contributed by atoms with Crippen molar-refractivity contribution in [2.75, 3.05) is 6.61 Å². The zero-order chi connectivity index (χ0) is 13.1. The van der Waals surface area contributed by atoms with Crippen LogP contribution in [-0.2, 0) is 0 Å². The lowest BCUT2D eigenvalue weighted by atomic mass is 10.1. The molecule has 0 aliphatic rings. The van der Waals surface area contributed by atoms with Crippen LogP contribution >= 0.6 is 0 Å². The van der Waals surface area contributed by atoms with Crippen molar-refractivity contribution in [2.45, 2.75) is 25.4 Å². The van der Waals surface area contributed by atoms with Crippen LogP contribution in [0.1, 0.15) is 18.6 Å². The second-order valence-corrected chi connectivity index (χ2v) is 3.60. The number of alkyl halides is 4. The fraction of sp³-hybridized carbons (Fsp3) is 0.455. The minimum absolute atomic E-state index is 0.0507. The molecule has 0 radical (unpaired) electrons. The molecule has 2 nitrogen and oxygen atoms in total. The van der Waals surface area contributed by atoms with E-state index in [1.54, 1.807) is 6.92 Å². The topological polar surface area (TPSA) is 29.5 Å². The van der Waals surface area contributed by atoms with E-state index in [-0.39, 0.29) is 5.75 Å². The third kappa shape index (κ3) is 3.89. The van der Waals surface area contributed by atoms with Crippen molar-refractivity contribution in [1.29, 1.82) is 0 Å². The van der Waals surface area contributed by atoms with Gasteiger partial charge in [0, 0.05) is 0 Å². The molecule has 0 unspecified atom stereocenters. The summed E-state index contributed by atoms with van der Waals surface area (Å²) in [6.07, 6.45) is -4.44. The van der Waals surface area contributed by atoms with Gasteiger partial charge >= 0.3 is 12.3 Å². The highest BCUT2D eigenvalue weighted by atomic mass is 19.3. The van der Waals surface area contributed by atoms with Gasteiger partial charge in [0.05, 0.1) is 6.10 Å². The van der Waals surface area contributed by atoms with E-state index in [1.807, 2.05) is 0 Å². The maximum atomic E-state index is 12.5. The van der Waals surface area contributed by atoms with Crippen LogP contribution in [0.3, 0.4) is 0 Å². The molecule has 1 atom stereocenters. The van der Waals surface area contributed by atoms with Crippen molar-refractivity contribution in [3.63, 3.8) is 0 Å². The summed E-state index contributed by atoms with van der Waals surface area (Å²) in [5, 5.41) is 9.19. The zero-order valence-electron chi connectivity index (χ0n) is 9.04. The molecule has 17 heavy (non-hydrogen) atoms. The number of benzene rings is 1. The molecule has 0 saturated heterocycles. The quantitative estimate of drug-likeness (QED) is 0.816. The van der Waals surface area contributed by atoms with Crippen molar-refractivity contribution in [3.8, 4) is 5.75 Å². The van der Waals surface area contributed by atoms with Crippen LogP contribution in [0.25, 0.3) is 0 Å². The van der Waals surface area contributed by atoms with Crippen molar-refractivity contribution in [1.82, 2.24) is 0 Å². The van der Waals surface area contributed by atoms with E-state index in [0.717, 1.165) is 0 Å². The lowest BCUT2D eigenvalue weighted by Gasteiger charge is -2.16. The molecule has 0 fully saturated rings. The summed E-state index contributed by atoms with van der Waals surface area (Å²) < 4.78 is 53.2. The highest BCUT2D eigenvalue weighted by Gasteiger charge is 2.41. The van der Waals surface area contributed by atoms with Gasteiger partial charge in [-0.25, -0.2) is 8.78 Å². The Bertz CT molecular complexity index is 349. The molecule has 6 heteroatoms. The SMILES string of the molecule is C[C@@H](O)c1ccc(OCC(F)(F)C(F)F)cc1. The molecule has 0 saturated carbocycles. The van der Waals surface area contributed by atoms with Crippen molar-refractivity contribution in [3.05, 3.63) is 29.8 Å². The number of ether oxygens (including phenoxy) is 1. The fourth-order valence-corrected chi connectivity index (χ4v) is 1.09. The summed E-state index contributed by atoms with van der Waals surface area (Å²) >= 11 is 0. The number of hydrogen-bond acceptors (Lipinski definition) is 2. The Labute approximate surface area is 95.8 Å². The molecular weight excluding hydrogens is 240 g/mol. The minimum Gasteiger partial charge on any atom is -0.487 e. The summed E-state index contributed by atoms with van der Waals surface area (Å²) in [4.78, 5) is 0. The molecule has 1 N–H and O–H groups in total. The molecule has 1 aromatic rings. The van der Waals surface area contributed by atoms with Crippen LogP contribution in [0.4, 0.5) is 17.6 Å². The second kappa shape index (κ2) is 5.35. The van der Waals surface area contributed by atoms with Gasteiger partial charge in [0.2, 0.25) is 0 Å². The van der Waals surface area contributed by atoms with Crippen LogP contribution in [-0.4, -0.2) is 24.1 Å². The van der Waals surface area contributed by atoms with Gasteiger partial charge in [0.1, 0.15) is 5.75 Å². The number of hydrogen-bond donors (Lipinski definition) is 1. The first-order chi connectivity index (χ1) is 7.83. The highest BCUT2D eigenvalue weighted by Crippen LogP contribution is 2.25. The average Bonchev–Trinajstić information content (AvgIpc) is 2.27. The smallest absolute Gasteiger partial charge is 0.340 e. The van der Waals surface area contributed by atoms with Crippen LogP contribution in [0, 0.1) is 0 Å². The van der Waals surface area contributed by atoms with E-state index in [0.29, 0.717) is 5.56 Å². The first-order valence-electron chi connectivity index (χ1n) is 4.90.